The van der Waals surface area contributed by atoms with Crippen LogP contribution < -0.4 is 14.4 Å². The number of aromatic amines is 1. The number of H-pyrrole nitrogens is 1. The molecule has 1 unspecified atom stereocenters. The van der Waals surface area contributed by atoms with Gasteiger partial charge in [0.15, 0.2) is 11.0 Å². The van der Waals surface area contributed by atoms with Crippen LogP contribution >= 0.6 is 23.2 Å². The van der Waals surface area contributed by atoms with Crippen LogP contribution in [0.2, 0.25) is 10.0 Å². The minimum absolute atomic E-state index is 0.138. The van der Waals surface area contributed by atoms with Crippen LogP contribution in [0.15, 0.2) is 30.3 Å². The number of nitrogens with zero attached hydrogens (tertiary/aromatic N) is 5. The lowest BCUT2D eigenvalue weighted by molar-refractivity contribution is -0.669. The molecule has 0 radical (unpaired) electrons. The van der Waals surface area contributed by atoms with Crippen LogP contribution in [0.4, 0.5) is 17.1 Å². The molecule has 1 atom stereocenters. The molecule has 8 heteroatoms. The molecule has 3 aromatic rings. The predicted molar refractivity (Wildman–Crippen MR) is 135 cm³/mol. The fourth-order valence-electron chi connectivity index (χ4n) is 4.67. The van der Waals surface area contributed by atoms with E-state index in [1.807, 2.05) is 18.2 Å². The third-order valence-corrected chi connectivity index (χ3v) is 6.79. The first-order chi connectivity index (χ1) is 16.0. The Balaban J connectivity index is 1.66. The van der Waals surface area contributed by atoms with Gasteiger partial charge in [-0.1, -0.05) is 29.3 Å². The standard InChI is InChI=1S/C25H24Cl2N6/c1-5-31-21-13-18(27)19(29-4)14-20(21)30-24(31)9-8-10-25-32(6-2)22-11-16(15-28)17(26)12-23(22)33(25)7-3/h8-9,11-14,25H,5-7,10H2,1-3H3/p+1. The summed E-state index contributed by atoms with van der Waals surface area (Å²) in [7, 11) is 0. The van der Waals surface area contributed by atoms with Gasteiger partial charge in [-0.2, -0.15) is 5.26 Å². The number of halogens is 2. The molecule has 1 aromatic heterocycles. The van der Waals surface area contributed by atoms with E-state index in [9.17, 15) is 5.26 Å². The second-order valence-corrected chi connectivity index (χ2v) is 8.62. The van der Waals surface area contributed by atoms with Crippen LogP contribution in [0.3, 0.4) is 0 Å². The fourth-order valence-corrected chi connectivity index (χ4v) is 5.07. The summed E-state index contributed by atoms with van der Waals surface area (Å²) in [5.74, 6) is 0.960. The van der Waals surface area contributed by atoms with E-state index < -0.39 is 0 Å². The molecule has 0 spiro atoms. The van der Waals surface area contributed by atoms with E-state index in [0.717, 1.165) is 54.3 Å². The van der Waals surface area contributed by atoms with Crippen LogP contribution in [-0.4, -0.2) is 24.2 Å². The third kappa shape index (κ3) is 3.91. The minimum Gasteiger partial charge on any atom is -0.349 e. The second kappa shape index (κ2) is 9.35. The molecular formula is C25H25Cl2N6+. The molecule has 4 rings (SSSR count). The number of hydrogen-bond donors (Lipinski definition) is 1. The monoisotopic (exact) mass is 479 g/mol. The summed E-state index contributed by atoms with van der Waals surface area (Å²) in [6, 6.07) is 9.65. The number of hydrogen-bond acceptors (Lipinski definition) is 3. The second-order valence-electron chi connectivity index (χ2n) is 7.81. The SMILES string of the molecule is [C-]#[N+]c1cc2[nH]c(C=CCC3N(CC)c4cc(Cl)c(C#N)cc4N3CC)[n+](CC)c2cc1Cl. The minimum atomic E-state index is 0.138. The number of nitrogens with one attached hydrogen (secondary N) is 1. The third-order valence-electron chi connectivity index (χ3n) is 6.17. The zero-order valence-electron chi connectivity index (χ0n) is 18.9. The van der Waals surface area contributed by atoms with Gasteiger partial charge >= 0.3 is 0 Å². The van der Waals surface area contributed by atoms with Crippen molar-refractivity contribution in [3.8, 4) is 6.07 Å². The lowest BCUT2D eigenvalue weighted by Gasteiger charge is -2.31. The Morgan fingerprint density at radius 2 is 1.82 bits per heavy atom. The number of fused-ring (bicyclic) bond motifs is 2. The molecule has 2 aromatic carbocycles. The lowest BCUT2D eigenvalue weighted by Crippen LogP contribution is -2.42. The highest BCUT2D eigenvalue weighted by molar-refractivity contribution is 6.34. The Morgan fingerprint density at radius 3 is 2.42 bits per heavy atom. The Bertz CT molecular complexity index is 1330. The summed E-state index contributed by atoms with van der Waals surface area (Å²) >= 11 is 12.6. The van der Waals surface area contributed by atoms with E-state index in [-0.39, 0.29) is 6.17 Å². The van der Waals surface area contributed by atoms with Gasteiger partial charge in [0, 0.05) is 25.6 Å². The van der Waals surface area contributed by atoms with Crippen molar-refractivity contribution in [1.82, 2.24) is 4.98 Å². The van der Waals surface area contributed by atoms with Crippen molar-refractivity contribution in [1.29, 1.82) is 5.26 Å². The number of anilines is 2. The summed E-state index contributed by atoms with van der Waals surface area (Å²) in [5.41, 5.74) is 4.93. The molecule has 6 nitrogen and oxygen atoms in total. The number of aryl methyl sites for hydroxylation is 1. The molecule has 1 N–H and O–H groups in total. The average Bonchev–Trinajstić information content (AvgIpc) is 3.30. The molecule has 0 bridgehead atoms. The van der Waals surface area contributed by atoms with Crippen LogP contribution in [0.5, 0.6) is 0 Å². The van der Waals surface area contributed by atoms with Crippen LogP contribution in [0.25, 0.3) is 22.0 Å². The van der Waals surface area contributed by atoms with E-state index in [1.165, 1.54) is 0 Å². The van der Waals surface area contributed by atoms with E-state index in [0.29, 0.717) is 21.3 Å². The number of nitriles is 1. The molecule has 0 amide bonds. The molecule has 33 heavy (non-hydrogen) atoms. The normalized spacial score (nSPS) is 15.3. The Labute approximate surface area is 204 Å². The van der Waals surface area contributed by atoms with Gasteiger partial charge in [0.1, 0.15) is 12.2 Å². The van der Waals surface area contributed by atoms with Crippen LogP contribution in [-0.2, 0) is 6.54 Å². The summed E-state index contributed by atoms with van der Waals surface area (Å²) < 4.78 is 2.16. The fraction of sp³-hybridized carbons (Fsp3) is 0.320. The summed E-state index contributed by atoms with van der Waals surface area (Å²) in [4.78, 5) is 11.6. The highest BCUT2D eigenvalue weighted by Crippen LogP contribution is 2.43. The van der Waals surface area contributed by atoms with E-state index >= 15 is 0 Å². The summed E-state index contributed by atoms with van der Waals surface area (Å²) in [6.07, 6.45) is 5.19. The predicted octanol–water partition coefficient (Wildman–Crippen LogP) is 6.30. The van der Waals surface area contributed by atoms with Crippen molar-refractivity contribution in [2.24, 2.45) is 0 Å². The molecule has 168 valence electrons. The highest BCUT2D eigenvalue weighted by atomic mass is 35.5. The summed E-state index contributed by atoms with van der Waals surface area (Å²) in [5, 5.41) is 10.4. The summed E-state index contributed by atoms with van der Waals surface area (Å²) in [6.45, 7) is 16.1. The maximum atomic E-state index is 9.42. The largest absolute Gasteiger partial charge is 0.349 e. The quantitative estimate of drug-likeness (QED) is 0.333. The first-order valence-electron chi connectivity index (χ1n) is 11.0. The number of rotatable bonds is 6. The molecule has 0 saturated carbocycles. The molecule has 1 aliphatic rings. The highest BCUT2D eigenvalue weighted by Gasteiger charge is 2.34. The zero-order valence-corrected chi connectivity index (χ0v) is 20.4. The Kier molecular flexibility index (Phi) is 6.51. The van der Waals surface area contributed by atoms with Crippen LogP contribution in [0, 0.1) is 17.9 Å². The molecule has 1 aliphatic heterocycles. The van der Waals surface area contributed by atoms with Crippen molar-refractivity contribution in [2.75, 3.05) is 22.9 Å². The van der Waals surface area contributed by atoms with Gasteiger partial charge in [0.05, 0.1) is 40.1 Å². The van der Waals surface area contributed by atoms with Gasteiger partial charge in [-0.3, -0.25) is 0 Å². The van der Waals surface area contributed by atoms with Gasteiger partial charge in [-0.05, 0) is 45.0 Å². The number of imidazole rings is 1. The molecule has 0 aliphatic carbocycles. The molecule has 0 fully saturated rings. The average molecular weight is 480 g/mol. The molecule has 2 heterocycles. The first-order valence-corrected chi connectivity index (χ1v) is 11.8. The van der Waals surface area contributed by atoms with Gasteiger partial charge in [-0.25, -0.2) is 14.4 Å². The number of benzene rings is 2. The maximum Gasteiger partial charge on any atom is 0.279 e. The van der Waals surface area contributed by atoms with Crippen molar-refractivity contribution in [3.05, 3.63) is 63.2 Å². The van der Waals surface area contributed by atoms with Crippen LogP contribution in [0.1, 0.15) is 38.6 Å². The van der Waals surface area contributed by atoms with Gasteiger partial charge in [-0.15, -0.1) is 0 Å². The molecular weight excluding hydrogens is 455 g/mol. The van der Waals surface area contributed by atoms with Gasteiger partial charge < -0.3 is 9.80 Å². The van der Waals surface area contributed by atoms with Crippen molar-refractivity contribution < 1.29 is 4.57 Å². The van der Waals surface area contributed by atoms with E-state index in [1.54, 1.807) is 6.07 Å². The Hall–Kier alpha value is -3.19. The van der Waals surface area contributed by atoms with Crippen molar-refractivity contribution >= 4 is 57.4 Å². The Morgan fingerprint density at radius 1 is 1.12 bits per heavy atom. The maximum absolute atomic E-state index is 9.42. The first kappa shape index (κ1) is 23.0. The van der Waals surface area contributed by atoms with Crippen molar-refractivity contribution in [3.63, 3.8) is 0 Å². The van der Waals surface area contributed by atoms with E-state index in [2.05, 4.69) is 63.2 Å². The van der Waals surface area contributed by atoms with Crippen molar-refractivity contribution in [2.45, 2.75) is 39.9 Å². The van der Waals surface area contributed by atoms with Gasteiger partial charge in [0.2, 0.25) is 5.69 Å². The number of aromatic nitrogens is 2. The molecule has 0 saturated heterocycles. The smallest absolute Gasteiger partial charge is 0.279 e. The van der Waals surface area contributed by atoms with E-state index in [4.69, 9.17) is 29.8 Å². The topological polar surface area (TPSA) is 54.3 Å². The zero-order chi connectivity index (χ0) is 23.7. The lowest BCUT2D eigenvalue weighted by atomic mass is 10.2. The van der Waals surface area contributed by atoms with Gasteiger partial charge in [0.25, 0.3) is 5.82 Å².